The zero-order valence-corrected chi connectivity index (χ0v) is 17.6. The van der Waals surface area contributed by atoms with Crippen molar-refractivity contribution in [2.24, 2.45) is 0 Å². The van der Waals surface area contributed by atoms with Crippen LogP contribution < -0.4 is 9.62 Å². The maximum absolute atomic E-state index is 12.8. The molecule has 0 bridgehead atoms. The Labute approximate surface area is 177 Å². The molecule has 1 aliphatic rings. The van der Waals surface area contributed by atoms with Gasteiger partial charge in [0.1, 0.15) is 0 Å². The van der Waals surface area contributed by atoms with Gasteiger partial charge in [-0.3, -0.25) is 9.10 Å². The summed E-state index contributed by atoms with van der Waals surface area (Å²) in [6, 6.07) is 23.2. The summed E-state index contributed by atoms with van der Waals surface area (Å²) in [5.74, 6) is -0.156. The average molecular weight is 421 g/mol. The molecule has 0 saturated carbocycles. The Hall–Kier alpha value is -3.12. The van der Waals surface area contributed by atoms with Gasteiger partial charge in [-0.15, -0.1) is 0 Å². The summed E-state index contributed by atoms with van der Waals surface area (Å²) in [6.45, 7) is 0. The molecule has 0 fully saturated rings. The number of aryl methyl sites for hydroxylation is 1. The van der Waals surface area contributed by atoms with Crippen LogP contribution in [0.15, 0.2) is 83.8 Å². The summed E-state index contributed by atoms with van der Waals surface area (Å²) in [5, 5.41) is 3.13. The first-order valence-corrected chi connectivity index (χ1v) is 11.4. The molecular formula is C24H24N2O3S. The van der Waals surface area contributed by atoms with Gasteiger partial charge in [-0.05, 0) is 66.8 Å². The molecule has 0 saturated heterocycles. The topological polar surface area (TPSA) is 66.5 Å². The quantitative estimate of drug-likeness (QED) is 0.669. The second-order valence-corrected chi connectivity index (χ2v) is 9.42. The van der Waals surface area contributed by atoms with E-state index in [1.54, 1.807) is 54.6 Å². The van der Waals surface area contributed by atoms with Gasteiger partial charge in [-0.25, -0.2) is 8.42 Å². The summed E-state index contributed by atoms with van der Waals surface area (Å²) < 4.78 is 26.8. The second kappa shape index (κ2) is 8.32. The van der Waals surface area contributed by atoms with Crippen molar-refractivity contribution in [1.82, 2.24) is 5.32 Å². The van der Waals surface area contributed by atoms with Crippen molar-refractivity contribution in [3.63, 3.8) is 0 Å². The maximum Gasteiger partial charge on any atom is 0.264 e. The number of amides is 1. The number of nitrogens with zero attached hydrogens (tertiary/aromatic N) is 1. The first kappa shape index (κ1) is 20.2. The Kier molecular flexibility index (Phi) is 5.59. The summed E-state index contributed by atoms with van der Waals surface area (Å²) in [7, 11) is -2.14. The molecule has 6 heteroatoms. The number of sulfonamides is 1. The van der Waals surface area contributed by atoms with Crippen LogP contribution in [0.2, 0.25) is 0 Å². The lowest BCUT2D eigenvalue weighted by Gasteiger charge is -2.26. The summed E-state index contributed by atoms with van der Waals surface area (Å²) >= 11 is 0. The van der Waals surface area contributed by atoms with Crippen LogP contribution in [0.5, 0.6) is 0 Å². The third kappa shape index (κ3) is 3.96. The molecule has 5 nitrogen and oxygen atoms in total. The van der Waals surface area contributed by atoms with Gasteiger partial charge in [0.15, 0.2) is 0 Å². The zero-order valence-electron chi connectivity index (χ0n) is 16.8. The van der Waals surface area contributed by atoms with Crippen molar-refractivity contribution in [3.8, 4) is 0 Å². The van der Waals surface area contributed by atoms with Gasteiger partial charge in [-0.2, -0.15) is 0 Å². The predicted molar refractivity (Wildman–Crippen MR) is 118 cm³/mol. The number of hydrogen-bond acceptors (Lipinski definition) is 3. The molecule has 0 spiro atoms. The molecule has 0 unspecified atom stereocenters. The van der Waals surface area contributed by atoms with Crippen LogP contribution in [0.1, 0.15) is 40.4 Å². The molecule has 3 aromatic rings. The van der Waals surface area contributed by atoms with Crippen LogP contribution >= 0.6 is 0 Å². The molecule has 0 aromatic heterocycles. The van der Waals surface area contributed by atoms with E-state index in [1.807, 2.05) is 12.1 Å². The summed E-state index contributed by atoms with van der Waals surface area (Å²) in [4.78, 5) is 13.0. The van der Waals surface area contributed by atoms with E-state index < -0.39 is 10.0 Å². The predicted octanol–water partition coefficient (Wildman–Crippen LogP) is 4.32. The van der Waals surface area contributed by atoms with Gasteiger partial charge >= 0.3 is 0 Å². The van der Waals surface area contributed by atoms with Crippen molar-refractivity contribution >= 4 is 21.6 Å². The van der Waals surface area contributed by atoms with Crippen LogP contribution in [0.25, 0.3) is 0 Å². The molecular weight excluding hydrogens is 396 g/mol. The smallest absolute Gasteiger partial charge is 0.264 e. The third-order valence-corrected chi connectivity index (χ3v) is 7.37. The SMILES string of the molecule is CN(c1ccc(C(=O)N[C@H]2CCCc3ccccc32)cc1)S(=O)(=O)c1ccccc1. The van der Waals surface area contributed by atoms with E-state index in [-0.39, 0.29) is 16.8 Å². The van der Waals surface area contributed by atoms with Crippen LogP contribution in [-0.4, -0.2) is 21.4 Å². The number of nitrogens with one attached hydrogen (secondary N) is 1. The number of carbonyl (C=O) groups excluding carboxylic acids is 1. The van der Waals surface area contributed by atoms with Crippen molar-refractivity contribution in [3.05, 3.63) is 95.6 Å². The molecule has 1 amide bonds. The Balaban J connectivity index is 1.49. The first-order valence-electron chi connectivity index (χ1n) is 9.99. The highest BCUT2D eigenvalue weighted by molar-refractivity contribution is 7.92. The third-order valence-electron chi connectivity index (χ3n) is 5.57. The monoisotopic (exact) mass is 420 g/mol. The normalized spacial score (nSPS) is 15.8. The lowest BCUT2D eigenvalue weighted by atomic mass is 9.87. The molecule has 0 heterocycles. The lowest BCUT2D eigenvalue weighted by molar-refractivity contribution is 0.0933. The van der Waals surface area contributed by atoms with Crippen LogP contribution in [-0.2, 0) is 16.4 Å². The minimum atomic E-state index is -3.65. The van der Waals surface area contributed by atoms with Gasteiger partial charge in [0.05, 0.1) is 16.6 Å². The number of hydrogen-bond donors (Lipinski definition) is 1. The molecule has 1 N–H and O–H groups in total. The van der Waals surface area contributed by atoms with E-state index in [2.05, 4.69) is 17.4 Å². The Morgan fingerprint density at radius 2 is 1.60 bits per heavy atom. The highest BCUT2D eigenvalue weighted by Crippen LogP contribution is 2.30. The highest BCUT2D eigenvalue weighted by atomic mass is 32.2. The minimum Gasteiger partial charge on any atom is -0.345 e. The maximum atomic E-state index is 12.8. The Morgan fingerprint density at radius 3 is 2.33 bits per heavy atom. The second-order valence-electron chi connectivity index (χ2n) is 7.45. The first-order chi connectivity index (χ1) is 14.5. The molecule has 0 radical (unpaired) electrons. The molecule has 0 aliphatic heterocycles. The summed E-state index contributed by atoms with van der Waals surface area (Å²) in [5.41, 5.74) is 3.48. The highest BCUT2D eigenvalue weighted by Gasteiger charge is 2.23. The number of carbonyl (C=O) groups is 1. The number of anilines is 1. The van der Waals surface area contributed by atoms with E-state index in [0.717, 1.165) is 19.3 Å². The van der Waals surface area contributed by atoms with E-state index in [4.69, 9.17) is 0 Å². The average Bonchev–Trinajstić information content (AvgIpc) is 2.79. The van der Waals surface area contributed by atoms with Gasteiger partial charge < -0.3 is 5.32 Å². The zero-order chi connectivity index (χ0) is 21.1. The van der Waals surface area contributed by atoms with E-state index in [1.165, 1.54) is 22.5 Å². The molecule has 3 aromatic carbocycles. The fourth-order valence-electron chi connectivity index (χ4n) is 3.86. The van der Waals surface area contributed by atoms with Crippen molar-refractivity contribution in [1.29, 1.82) is 0 Å². The van der Waals surface area contributed by atoms with E-state index in [9.17, 15) is 13.2 Å². The largest absolute Gasteiger partial charge is 0.345 e. The Bertz CT molecular complexity index is 1140. The number of fused-ring (bicyclic) bond motifs is 1. The van der Waals surface area contributed by atoms with Crippen molar-refractivity contribution in [2.75, 3.05) is 11.4 Å². The number of benzene rings is 3. The molecule has 4 rings (SSSR count). The van der Waals surface area contributed by atoms with Gasteiger partial charge in [-0.1, -0.05) is 42.5 Å². The van der Waals surface area contributed by atoms with Crippen molar-refractivity contribution in [2.45, 2.75) is 30.2 Å². The van der Waals surface area contributed by atoms with Crippen LogP contribution in [0.3, 0.4) is 0 Å². The molecule has 1 atom stereocenters. The fraction of sp³-hybridized carbons (Fsp3) is 0.208. The van der Waals surface area contributed by atoms with Crippen LogP contribution in [0, 0.1) is 0 Å². The van der Waals surface area contributed by atoms with E-state index >= 15 is 0 Å². The van der Waals surface area contributed by atoms with Gasteiger partial charge in [0.25, 0.3) is 15.9 Å². The van der Waals surface area contributed by atoms with Crippen molar-refractivity contribution < 1.29 is 13.2 Å². The number of rotatable bonds is 5. The summed E-state index contributed by atoms with van der Waals surface area (Å²) in [6.07, 6.45) is 3.00. The van der Waals surface area contributed by atoms with Gasteiger partial charge in [0, 0.05) is 12.6 Å². The molecule has 30 heavy (non-hydrogen) atoms. The molecule has 1 aliphatic carbocycles. The molecule has 154 valence electrons. The van der Waals surface area contributed by atoms with Gasteiger partial charge in [0.2, 0.25) is 0 Å². The Morgan fingerprint density at radius 1 is 0.933 bits per heavy atom. The fourth-order valence-corrected chi connectivity index (χ4v) is 5.07. The minimum absolute atomic E-state index is 0.00302. The van der Waals surface area contributed by atoms with Crippen LogP contribution in [0.4, 0.5) is 5.69 Å². The van der Waals surface area contributed by atoms with E-state index in [0.29, 0.717) is 11.3 Å². The lowest BCUT2D eigenvalue weighted by Crippen LogP contribution is -2.31. The standard InChI is InChI=1S/C24H24N2O3S/c1-26(30(28,29)21-10-3-2-4-11-21)20-16-14-19(15-17-20)24(27)25-23-13-7-9-18-8-5-6-12-22(18)23/h2-6,8,10-12,14-17,23H,7,9,13H2,1H3,(H,25,27)/t23-/m0/s1.